The highest BCUT2D eigenvalue weighted by molar-refractivity contribution is 6.04. The Morgan fingerprint density at radius 2 is 2.10 bits per heavy atom. The Labute approximate surface area is 122 Å². The Morgan fingerprint density at radius 1 is 1.33 bits per heavy atom. The van der Waals surface area contributed by atoms with E-state index in [1.807, 2.05) is 6.92 Å². The fourth-order valence-corrected chi connectivity index (χ4v) is 2.02. The Bertz CT molecular complexity index is 676. The van der Waals surface area contributed by atoms with Crippen LogP contribution in [0.3, 0.4) is 0 Å². The van der Waals surface area contributed by atoms with Crippen LogP contribution in [0.5, 0.6) is 5.75 Å². The van der Waals surface area contributed by atoms with Crippen LogP contribution < -0.4 is 10.1 Å². The number of nitrogens with zero attached hydrogens (tertiary/aromatic N) is 1. The first-order valence-electron chi connectivity index (χ1n) is 6.44. The maximum Gasteiger partial charge on any atom is 0.335 e. The molecule has 0 atom stereocenters. The lowest BCUT2D eigenvalue weighted by Crippen LogP contribution is -2.17. The van der Waals surface area contributed by atoms with E-state index in [2.05, 4.69) is 5.32 Å². The second-order valence-corrected chi connectivity index (χ2v) is 4.35. The van der Waals surface area contributed by atoms with E-state index < -0.39 is 5.97 Å². The summed E-state index contributed by atoms with van der Waals surface area (Å²) in [6, 6.07) is 7.79. The average Bonchev–Trinajstić information content (AvgIpc) is 2.95. The quantitative estimate of drug-likeness (QED) is 0.885. The molecule has 0 aliphatic rings. The van der Waals surface area contributed by atoms with Crippen molar-refractivity contribution in [3.8, 4) is 5.75 Å². The van der Waals surface area contributed by atoms with E-state index in [-0.39, 0.29) is 11.5 Å². The van der Waals surface area contributed by atoms with Gasteiger partial charge in [0, 0.05) is 12.7 Å². The number of carbonyl (C=O) groups excluding carboxylic acids is 1. The number of aromatic carboxylic acids is 1. The number of aryl methyl sites for hydroxylation is 1. The molecule has 2 rings (SSSR count). The third kappa shape index (κ3) is 3.05. The molecule has 0 aliphatic carbocycles. The zero-order chi connectivity index (χ0) is 15.4. The number of aromatic nitrogens is 1. The van der Waals surface area contributed by atoms with E-state index in [0.717, 1.165) is 0 Å². The van der Waals surface area contributed by atoms with Gasteiger partial charge in [-0.2, -0.15) is 0 Å². The van der Waals surface area contributed by atoms with Gasteiger partial charge in [0.2, 0.25) is 0 Å². The molecule has 2 aromatic rings. The van der Waals surface area contributed by atoms with Crippen LogP contribution >= 0.6 is 0 Å². The van der Waals surface area contributed by atoms with Crippen LogP contribution in [-0.4, -0.2) is 28.7 Å². The topological polar surface area (TPSA) is 80.6 Å². The van der Waals surface area contributed by atoms with E-state index >= 15 is 0 Å². The highest BCUT2D eigenvalue weighted by Crippen LogP contribution is 2.26. The number of nitrogens with one attached hydrogen (secondary N) is 1. The Kier molecular flexibility index (Phi) is 4.27. The number of carboxylic acid groups (broad SMARTS) is 1. The number of carboxylic acids is 1. The van der Waals surface area contributed by atoms with Gasteiger partial charge in [-0.1, -0.05) is 0 Å². The predicted octanol–water partition coefficient (Wildman–Crippen LogP) is 2.47. The minimum absolute atomic E-state index is 0.0805. The molecule has 110 valence electrons. The van der Waals surface area contributed by atoms with Crippen LogP contribution in [0.4, 0.5) is 5.69 Å². The largest absolute Gasteiger partial charge is 0.495 e. The summed E-state index contributed by atoms with van der Waals surface area (Å²) < 4.78 is 6.93. The smallest absolute Gasteiger partial charge is 0.335 e. The highest BCUT2D eigenvalue weighted by Gasteiger charge is 2.14. The molecule has 0 spiro atoms. The van der Waals surface area contributed by atoms with Crippen molar-refractivity contribution < 1.29 is 19.4 Å². The molecule has 0 fully saturated rings. The van der Waals surface area contributed by atoms with Crippen molar-refractivity contribution in [1.29, 1.82) is 0 Å². The summed E-state index contributed by atoms with van der Waals surface area (Å²) in [7, 11) is 1.46. The first kappa shape index (κ1) is 14.6. The van der Waals surface area contributed by atoms with E-state index in [4.69, 9.17) is 9.84 Å². The SMILES string of the molecule is CCn1cccc1C(=O)Nc1cc(C(=O)O)ccc1OC. The van der Waals surface area contributed by atoms with Gasteiger partial charge in [-0.3, -0.25) is 4.79 Å². The molecular weight excluding hydrogens is 272 g/mol. The fourth-order valence-electron chi connectivity index (χ4n) is 2.02. The van der Waals surface area contributed by atoms with Crippen LogP contribution in [0.15, 0.2) is 36.5 Å². The molecule has 1 heterocycles. The summed E-state index contributed by atoms with van der Waals surface area (Å²) in [6.07, 6.45) is 1.81. The van der Waals surface area contributed by atoms with Crippen molar-refractivity contribution in [1.82, 2.24) is 4.57 Å². The number of amides is 1. The zero-order valence-corrected chi connectivity index (χ0v) is 11.8. The summed E-state index contributed by atoms with van der Waals surface area (Å²) >= 11 is 0. The fraction of sp³-hybridized carbons (Fsp3) is 0.200. The third-order valence-electron chi connectivity index (χ3n) is 3.10. The number of hydrogen-bond acceptors (Lipinski definition) is 3. The van der Waals surface area contributed by atoms with Gasteiger partial charge in [0.1, 0.15) is 11.4 Å². The lowest BCUT2D eigenvalue weighted by Gasteiger charge is -2.12. The van der Waals surface area contributed by atoms with Crippen LogP contribution in [0.2, 0.25) is 0 Å². The van der Waals surface area contributed by atoms with Crippen molar-refractivity contribution in [2.24, 2.45) is 0 Å². The maximum atomic E-state index is 12.3. The van der Waals surface area contributed by atoms with Crippen molar-refractivity contribution >= 4 is 17.6 Å². The number of carbonyl (C=O) groups is 2. The van der Waals surface area contributed by atoms with Crippen molar-refractivity contribution in [2.75, 3.05) is 12.4 Å². The number of anilines is 1. The van der Waals surface area contributed by atoms with Crippen LogP contribution in [0.1, 0.15) is 27.8 Å². The second-order valence-electron chi connectivity index (χ2n) is 4.35. The highest BCUT2D eigenvalue weighted by atomic mass is 16.5. The molecule has 2 N–H and O–H groups in total. The van der Waals surface area contributed by atoms with E-state index in [0.29, 0.717) is 23.7 Å². The molecule has 1 amide bonds. The lowest BCUT2D eigenvalue weighted by atomic mass is 10.2. The van der Waals surface area contributed by atoms with Crippen molar-refractivity contribution in [3.63, 3.8) is 0 Å². The molecule has 1 aromatic carbocycles. The van der Waals surface area contributed by atoms with Gasteiger partial charge in [0.25, 0.3) is 5.91 Å². The normalized spacial score (nSPS) is 10.2. The number of ether oxygens (including phenoxy) is 1. The lowest BCUT2D eigenvalue weighted by molar-refractivity contribution is 0.0696. The number of benzene rings is 1. The van der Waals surface area contributed by atoms with Gasteiger partial charge >= 0.3 is 5.97 Å². The van der Waals surface area contributed by atoms with Gasteiger partial charge in [-0.15, -0.1) is 0 Å². The number of rotatable bonds is 5. The van der Waals surface area contributed by atoms with Gasteiger partial charge in [-0.05, 0) is 37.3 Å². The molecule has 0 bridgehead atoms. The van der Waals surface area contributed by atoms with Crippen molar-refractivity contribution in [2.45, 2.75) is 13.5 Å². The van der Waals surface area contributed by atoms with E-state index in [1.165, 1.54) is 25.3 Å². The molecule has 21 heavy (non-hydrogen) atoms. The summed E-state index contributed by atoms with van der Waals surface area (Å²) in [6.45, 7) is 2.60. The van der Waals surface area contributed by atoms with Gasteiger partial charge in [-0.25, -0.2) is 4.79 Å². The second kappa shape index (κ2) is 6.13. The molecule has 0 saturated carbocycles. The standard InChI is InChI=1S/C15H16N2O4/c1-3-17-8-4-5-12(17)14(18)16-11-9-10(15(19)20)6-7-13(11)21-2/h4-9H,3H2,1-2H3,(H,16,18)(H,19,20). The van der Waals surface area contributed by atoms with E-state index in [1.54, 1.807) is 22.9 Å². The maximum absolute atomic E-state index is 12.3. The van der Waals surface area contributed by atoms with Crippen molar-refractivity contribution in [3.05, 3.63) is 47.8 Å². The van der Waals surface area contributed by atoms with E-state index in [9.17, 15) is 9.59 Å². The Hall–Kier alpha value is -2.76. The monoisotopic (exact) mass is 288 g/mol. The molecule has 6 heteroatoms. The molecular formula is C15H16N2O4. The van der Waals surface area contributed by atoms with Crippen LogP contribution in [0.25, 0.3) is 0 Å². The molecule has 6 nitrogen and oxygen atoms in total. The molecule has 1 aromatic heterocycles. The average molecular weight is 288 g/mol. The summed E-state index contributed by atoms with van der Waals surface area (Å²) in [5.41, 5.74) is 0.906. The minimum Gasteiger partial charge on any atom is -0.495 e. The summed E-state index contributed by atoms with van der Waals surface area (Å²) in [5, 5.41) is 11.7. The van der Waals surface area contributed by atoms with Crippen LogP contribution in [-0.2, 0) is 6.54 Å². The van der Waals surface area contributed by atoms with Crippen LogP contribution in [0, 0.1) is 0 Å². The minimum atomic E-state index is -1.06. The Balaban J connectivity index is 2.31. The van der Waals surface area contributed by atoms with Gasteiger partial charge < -0.3 is 19.7 Å². The Morgan fingerprint density at radius 3 is 2.71 bits per heavy atom. The molecule has 0 radical (unpaired) electrons. The molecule has 0 saturated heterocycles. The third-order valence-corrected chi connectivity index (χ3v) is 3.10. The number of methoxy groups -OCH3 is 1. The molecule has 0 aliphatic heterocycles. The zero-order valence-electron chi connectivity index (χ0n) is 11.8. The summed E-state index contributed by atoms with van der Waals surface area (Å²) in [4.78, 5) is 23.3. The number of hydrogen-bond donors (Lipinski definition) is 2. The predicted molar refractivity (Wildman–Crippen MR) is 78.0 cm³/mol. The first-order chi connectivity index (χ1) is 10.1. The van der Waals surface area contributed by atoms with Gasteiger partial charge in [0.15, 0.2) is 0 Å². The molecule has 0 unspecified atom stereocenters. The van der Waals surface area contributed by atoms with Gasteiger partial charge in [0.05, 0.1) is 18.4 Å². The first-order valence-corrected chi connectivity index (χ1v) is 6.44. The summed E-state index contributed by atoms with van der Waals surface area (Å²) in [5.74, 6) is -0.976.